The summed E-state index contributed by atoms with van der Waals surface area (Å²) in [7, 11) is 0. The standard InChI is InChI=1S/C13H9F3N2O4/c1-7(19)21-9-5-3-2-4-8(9)11(20)18-12-17-6-10(22-12)13(14,15)16/h2-6H,1H3,(H,17,18,20). The zero-order valence-corrected chi connectivity index (χ0v) is 11.1. The Bertz CT molecular complexity index is 709. The molecule has 2 aromatic rings. The van der Waals surface area contributed by atoms with E-state index in [2.05, 4.69) is 14.7 Å². The molecule has 2 rings (SSSR count). The van der Waals surface area contributed by atoms with Gasteiger partial charge in [-0.2, -0.15) is 13.2 Å². The number of oxazole rings is 1. The van der Waals surface area contributed by atoms with E-state index in [9.17, 15) is 22.8 Å². The van der Waals surface area contributed by atoms with Crippen molar-refractivity contribution in [2.75, 3.05) is 5.32 Å². The minimum atomic E-state index is -4.70. The number of benzene rings is 1. The lowest BCUT2D eigenvalue weighted by Gasteiger charge is -2.07. The third-order valence-corrected chi connectivity index (χ3v) is 2.39. The predicted molar refractivity (Wildman–Crippen MR) is 67.2 cm³/mol. The normalized spacial score (nSPS) is 11.1. The highest BCUT2D eigenvalue weighted by Crippen LogP contribution is 2.31. The van der Waals surface area contributed by atoms with Crippen LogP contribution in [0, 0.1) is 0 Å². The Morgan fingerprint density at radius 3 is 2.55 bits per heavy atom. The summed E-state index contributed by atoms with van der Waals surface area (Å²) in [6, 6.07) is 5.12. The van der Waals surface area contributed by atoms with Crippen LogP contribution in [-0.2, 0) is 11.0 Å². The van der Waals surface area contributed by atoms with Crippen molar-refractivity contribution in [1.29, 1.82) is 0 Å². The van der Waals surface area contributed by atoms with Crippen LogP contribution in [0.1, 0.15) is 23.0 Å². The molecule has 1 amide bonds. The van der Waals surface area contributed by atoms with Crippen LogP contribution in [0.5, 0.6) is 5.75 Å². The van der Waals surface area contributed by atoms with E-state index in [-0.39, 0.29) is 11.3 Å². The molecule has 0 aliphatic heterocycles. The minimum absolute atomic E-state index is 0.0323. The fourth-order valence-corrected chi connectivity index (χ4v) is 1.53. The summed E-state index contributed by atoms with van der Waals surface area (Å²) in [5.41, 5.74) is -0.0514. The van der Waals surface area contributed by atoms with Crippen molar-refractivity contribution in [1.82, 2.24) is 4.98 Å². The molecule has 1 aromatic heterocycles. The fourth-order valence-electron chi connectivity index (χ4n) is 1.53. The van der Waals surface area contributed by atoms with Crippen LogP contribution in [0.2, 0.25) is 0 Å². The van der Waals surface area contributed by atoms with Gasteiger partial charge in [0.05, 0.1) is 11.8 Å². The summed E-state index contributed by atoms with van der Waals surface area (Å²) in [6.07, 6.45) is -4.25. The maximum absolute atomic E-state index is 12.4. The molecule has 0 saturated carbocycles. The van der Waals surface area contributed by atoms with Gasteiger partial charge in [-0.25, -0.2) is 4.98 Å². The molecule has 0 unspecified atom stereocenters. The van der Waals surface area contributed by atoms with Gasteiger partial charge in [0.25, 0.3) is 5.91 Å². The molecule has 116 valence electrons. The average molecular weight is 314 g/mol. The molecule has 0 saturated heterocycles. The number of carbonyl (C=O) groups excluding carboxylic acids is 2. The number of halogens is 3. The number of esters is 1. The van der Waals surface area contributed by atoms with Crippen LogP contribution in [0.4, 0.5) is 19.2 Å². The quantitative estimate of drug-likeness (QED) is 0.696. The molecule has 9 heteroatoms. The van der Waals surface area contributed by atoms with Crippen molar-refractivity contribution < 1.29 is 31.9 Å². The highest BCUT2D eigenvalue weighted by molar-refractivity contribution is 6.05. The first-order chi connectivity index (χ1) is 10.3. The third-order valence-electron chi connectivity index (χ3n) is 2.39. The molecule has 0 aliphatic carbocycles. The maximum Gasteiger partial charge on any atom is 0.451 e. The summed E-state index contributed by atoms with van der Waals surface area (Å²) in [5.74, 6) is -2.84. The van der Waals surface area contributed by atoms with Gasteiger partial charge in [0.2, 0.25) is 5.76 Å². The number of rotatable bonds is 3. The van der Waals surface area contributed by atoms with E-state index in [0.29, 0.717) is 6.20 Å². The predicted octanol–water partition coefficient (Wildman–Crippen LogP) is 2.87. The molecule has 0 fully saturated rings. The highest BCUT2D eigenvalue weighted by Gasteiger charge is 2.36. The summed E-state index contributed by atoms with van der Waals surface area (Å²) in [4.78, 5) is 26.3. The van der Waals surface area contributed by atoms with Gasteiger partial charge < -0.3 is 9.15 Å². The van der Waals surface area contributed by atoms with Gasteiger partial charge in [0, 0.05) is 6.92 Å². The lowest BCUT2D eigenvalue weighted by Crippen LogP contribution is -2.15. The number of hydrogen-bond acceptors (Lipinski definition) is 5. The van der Waals surface area contributed by atoms with E-state index >= 15 is 0 Å². The van der Waals surface area contributed by atoms with Crippen LogP contribution in [-0.4, -0.2) is 16.9 Å². The van der Waals surface area contributed by atoms with Gasteiger partial charge in [0.1, 0.15) is 5.75 Å². The summed E-state index contributed by atoms with van der Waals surface area (Å²) in [6.45, 7) is 1.15. The van der Waals surface area contributed by atoms with Crippen molar-refractivity contribution in [3.8, 4) is 5.75 Å². The molecule has 0 aliphatic rings. The van der Waals surface area contributed by atoms with Crippen molar-refractivity contribution in [3.63, 3.8) is 0 Å². The van der Waals surface area contributed by atoms with E-state index in [1.165, 1.54) is 24.3 Å². The highest BCUT2D eigenvalue weighted by atomic mass is 19.4. The largest absolute Gasteiger partial charge is 0.451 e. The van der Waals surface area contributed by atoms with Crippen molar-refractivity contribution >= 4 is 17.9 Å². The molecule has 6 nitrogen and oxygen atoms in total. The van der Waals surface area contributed by atoms with E-state index in [1.807, 2.05) is 0 Å². The third kappa shape index (κ3) is 3.62. The van der Waals surface area contributed by atoms with Gasteiger partial charge in [-0.05, 0) is 12.1 Å². The lowest BCUT2D eigenvalue weighted by atomic mass is 10.2. The molecule has 0 bridgehead atoms. The molecule has 1 N–H and O–H groups in total. The number of carbonyl (C=O) groups is 2. The number of para-hydroxylation sites is 1. The molecule has 0 radical (unpaired) electrons. The van der Waals surface area contributed by atoms with Crippen LogP contribution >= 0.6 is 0 Å². The zero-order chi connectivity index (χ0) is 16.3. The Morgan fingerprint density at radius 1 is 1.27 bits per heavy atom. The van der Waals surface area contributed by atoms with Gasteiger partial charge in [-0.3, -0.25) is 14.9 Å². The molecule has 0 atom stereocenters. The number of nitrogens with zero attached hydrogens (tertiary/aromatic N) is 1. The summed E-state index contributed by atoms with van der Waals surface area (Å²) in [5, 5.41) is 2.06. The second-order valence-corrected chi connectivity index (χ2v) is 4.07. The van der Waals surface area contributed by atoms with Crippen molar-refractivity contribution in [2.45, 2.75) is 13.1 Å². The van der Waals surface area contributed by atoms with Gasteiger partial charge >= 0.3 is 18.2 Å². The number of alkyl halides is 3. The summed E-state index contributed by atoms with van der Waals surface area (Å²) >= 11 is 0. The maximum atomic E-state index is 12.4. The Hall–Kier alpha value is -2.84. The second-order valence-electron chi connectivity index (χ2n) is 4.07. The van der Waals surface area contributed by atoms with E-state index in [4.69, 9.17) is 4.74 Å². The van der Waals surface area contributed by atoms with Crippen LogP contribution in [0.15, 0.2) is 34.9 Å². The molecule has 22 heavy (non-hydrogen) atoms. The van der Waals surface area contributed by atoms with E-state index in [0.717, 1.165) is 6.92 Å². The Balaban J connectivity index is 2.19. The van der Waals surface area contributed by atoms with Crippen molar-refractivity contribution in [3.05, 3.63) is 41.8 Å². The molecular formula is C13H9F3N2O4. The SMILES string of the molecule is CC(=O)Oc1ccccc1C(=O)Nc1ncc(C(F)(F)F)o1. The lowest BCUT2D eigenvalue weighted by molar-refractivity contribution is -0.152. The fraction of sp³-hybridized carbons (Fsp3) is 0.154. The molecule has 1 aromatic carbocycles. The number of amides is 1. The van der Waals surface area contributed by atoms with Gasteiger partial charge in [-0.1, -0.05) is 12.1 Å². The first-order valence-corrected chi connectivity index (χ1v) is 5.89. The minimum Gasteiger partial charge on any atom is -0.426 e. The summed E-state index contributed by atoms with van der Waals surface area (Å²) < 4.78 is 46.3. The number of aromatic nitrogens is 1. The van der Waals surface area contributed by atoms with Gasteiger partial charge in [-0.15, -0.1) is 0 Å². The number of nitrogens with one attached hydrogen (secondary N) is 1. The first-order valence-electron chi connectivity index (χ1n) is 5.89. The number of ether oxygens (including phenoxy) is 1. The number of hydrogen-bond donors (Lipinski definition) is 1. The first kappa shape index (κ1) is 15.5. The van der Waals surface area contributed by atoms with Crippen LogP contribution in [0.25, 0.3) is 0 Å². The van der Waals surface area contributed by atoms with E-state index < -0.39 is 29.8 Å². The molecular weight excluding hydrogens is 305 g/mol. The van der Waals surface area contributed by atoms with E-state index in [1.54, 1.807) is 0 Å². The second kappa shape index (κ2) is 5.88. The monoisotopic (exact) mass is 314 g/mol. The van der Waals surface area contributed by atoms with Crippen LogP contribution < -0.4 is 10.1 Å². The Morgan fingerprint density at radius 2 is 1.95 bits per heavy atom. The average Bonchev–Trinajstić information content (AvgIpc) is 2.87. The van der Waals surface area contributed by atoms with Gasteiger partial charge in [0.15, 0.2) is 0 Å². The van der Waals surface area contributed by atoms with Crippen molar-refractivity contribution in [2.24, 2.45) is 0 Å². The Labute approximate surface area is 121 Å². The zero-order valence-electron chi connectivity index (χ0n) is 11.1. The molecule has 0 spiro atoms. The smallest absolute Gasteiger partial charge is 0.426 e. The Kier molecular flexibility index (Phi) is 4.15. The van der Waals surface area contributed by atoms with Crippen LogP contribution in [0.3, 0.4) is 0 Å². The topological polar surface area (TPSA) is 81.4 Å². The number of anilines is 1. The molecule has 1 heterocycles.